The molecule has 0 aromatic heterocycles. The number of hydrogen-bond donors (Lipinski definition) is 1. The average Bonchev–Trinajstić information content (AvgIpc) is 2.38. The van der Waals surface area contributed by atoms with Gasteiger partial charge in [-0.3, -0.25) is 13.7 Å². The fourth-order valence-electron chi connectivity index (χ4n) is 2.11. The molecule has 1 fully saturated rings. The number of allylic oxidation sites excluding steroid dienone is 4. The largest absolute Gasteiger partial charge is 0.365 e. The molecule has 1 aliphatic rings. The summed E-state index contributed by atoms with van der Waals surface area (Å²) in [4.78, 5) is 11.3. The van der Waals surface area contributed by atoms with Crippen LogP contribution in [0.4, 0.5) is 0 Å². The van der Waals surface area contributed by atoms with Crippen molar-refractivity contribution in [1.82, 2.24) is 4.31 Å². The van der Waals surface area contributed by atoms with Crippen LogP contribution >= 0.6 is 0 Å². The Bertz CT molecular complexity index is 470. The lowest BCUT2D eigenvalue weighted by Gasteiger charge is -2.35. The van der Waals surface area contributed by atoms with E-state index in [4.69, 9.17) is 4.74 Å². The number of ether oxygens (including phenoxy) is 1. The summed E-state index contributed by atoms with van der Waals surface area (Å²) in [5.74, 6) is -0.0623. The van der Waals surface area contributed by atoms with Crippen LogP contribution in [-0.2, 0) is 20.8 Å². The summed E-state index contributed by atoms with van der Waals surface area (Å²) in [5, 5.41) is 0. The molecule has 0 radical (unpaired) electrons. The standard InChI is InChI=1S/C14H21NO4S/c1-5-7-12-8-13(19-11(4)10(3)16)9-15(20(17)18)14(12)6-2/h5-7,11,13H,1,8-9H2,2-4H3,(H,17,18)/b12-7-,14-6+/t11?,13-/m1/s1. The van der Waals surface area contributed by atoms with Crippen LogP contribution in [0, 0.1) is 0 Å². The first kappa shape index (κ1) is 16.8. The zero-order valence-corrected chi connectivity index (χ0v) is 12.9. The van der Waals surface area contributed by atoms with Crippen LogP contribution in [0.2, 0.25) is 0 Å². The van der Waals surface area contributed by atoms with Gasteiger partial charge in [0.1, 0.15) is 6.10 Å². The van der Waals surface area contributed by atoms with E-state index in [1.807, 2.05) is 6.92 Å². The summed E-state index contributed by atoms with van der Waals surface area (Å²) in [6.07, 6.45) is 4.97. The van der Waals surface area contributed by atoms with Crippen molar-refractivity contribution in [2.75, 3.05) is 6.54 Å². The molecule has 0 saturated carbocycles. The van der Waals surface area contributed by atoms with E-state index in [0.29, 0.717) is 12.1 Å². The molecule has 20 heavy (non-hydrogen) atoms. The predicted molar refractivity (Wildman–Crippen MR) is 79.1 cm³/mol. The van der Waals surface area contributed by atoms with E-state index in [2.05, 4.69) is 6.58 Å². The number of piperidine rings is 1. The maximum Gasteiger partial charge on any atom is 0.261 e. The lowest BCUT2D eigenvalue weighted by atomic mass is 9.99. The first-order valence-corrected chi connectivity index (χ1v) is 7.49. The summed E-state index contributed by atoms with van der Waals surface area (Å²) in [5.41, 5.74) is 1.57. The van der Waals surface area contributed by atoms with E-state index in [9.17, 15) is 13.6 Å². The number of hydrogen-bond acceptors (Lipinski definition) is 3. The molecule has 1 N–H and O–H groups in total. The highest BCUT2D eigenvalue weighted by Gasteiger charge is 2.31. The van der Waals surface area contributed by atoms with Gasteiger partial charge in [0.15, 0.2) is 5.78 Å². The second-order valence-corrected chi connectivity index (χ2v) is 5.51. The number of carbonyl (C=O) groups is 1. The van der Waals surface area contributed by atoms with Gasteiger partial charge in [-0.1, -0.05) is 24.8 Å². The minimum atomic E-state index is -2.13. The van der Waals surface area contributed by atoms with Crippen LogP contribution in [0.3, 0.4) is 0 Å². The van der Waals surface area contributed by atoms with Gasteiger partial charge in [-0.25, -0.2) is 4.21 Å². The van der Waals surface area contributed by atoms with Crippen molar-refractivity contribution in [1.29, 1.82) is 0 Å². The molecular weight excluding hydrogens is 278 g/mol. The third-order valence-electron chi connectivity index (χ3n) is 3.16. The van der Waals surface area contributed by atoms with Crippen LogP contribution < -0.4 is 0 Å². The van der Waals surface area contributed by atoms with Crippen molar-refractivity contribution in [3.8, 4) is 0 Å². The fraction of sp³-hybridized carbons (Fsp3) is 0.500. The van der Waals surface area contributed by atoms with Gasteiger partial charge in [-0.05, 0) is 26.3 Å². The van der Waals surface area contributed by atoms with Crippen molar-refractivity contribution in [2.24, 2.45) is 0 Å². The van der Waals surface area contributed by atoms with E-state index in [0.717, 1.165) is 5.57 Å². The monoisotopic (exact) mass is 299 g/mol. The van der Waals surface area contributed by atoms with Crippen molar-refractivity contribution in [3.05, 3.63) is 36.1 Å². The van der Waals surface area contributed by atoms with Crippen molar-refractivity contribution >= 4 is 17.0 Å². The van der Waals surface area contributed by atoms with Gasteiger partial charge < -0.3 is 4.74 Å². The smallest absolute Gasteiger partial charge is 0.261 e. The zero-order valence-electron chi connectivity index (χ0n) is 12.0. The second-order valence-electron chi connectivity index (χ2n) is 4.61. The van der Waals surface area contributed by atoms with Gasteiger partial charge in [0.05, 0.1) is 18.3 Å². The Morgan fingerprint density at radius 1 is 1.65 bits per heavy atom. The minimum Gasteiger partial charge on any atom is -0.365 e. The lowest BCUT2D eigenvalue weighted by molar-refractivity contribution is -0.131. The highest BCUT2D eigenvalue weighted by Crippen LogP contribution is 2.29. The number of ketones is 1. The molecule has 0 amide bonds. The maximum absolute atomic E-state index is 11.5. The molecule has 6 heteroatoms. The van der Waals surface area contributed by atoms with E-state index in [1.165, 1.54) is 11.2 Å². The number of nitrogens with zero attached hydrogens (tertiary/aromatic N) is 1. The summed E-state index contributed by atoms with van der Waals surface area (Å²) in [6.45, 7) is 8.89. The Hall–Kier alpha value is -1.24. The van der Waals surface area contributed by atoms with Crippen molar-refractivity contribution < 1.29 is 18.3 Å². The van der Waals surface area contributed by atoms with Crippen molar-refractivity contribution in [2.45, 2.75) is 39.4 Å². The van der Waals surface area contributed by atoms with Gasteiger partial charge in [-0.15, -0.1) is 0 Å². The van der Waals surface area contributed by atoms with E-state index >= 15 is 0 Å². The Balaban J connectivity index is 2.98. The Kier molecular flexibility index (Phi) is 6.32. The molecule has 0 aromatic carbocycles. The normalized spacial score (nSPS) is 26.6. The predicted octanol–water partition coefficient (Wildman–Crippen LogP) is 2.21. The van der Waals surface area contributed by atoms with Crippen LogP contribution in [0.25, 0.3) is 0 Å². The fourth-order valence-corrected chi connectivity index (χ4v) is 2.79. The summed E-state index contributed by atoms with van der Waals surface area (Å²) < 4.78 is 27.9. The third kappa shape index (κ3) is 4.13. The molecular formula is C14H21NO4S. The first-order chi connectivity index (χ1) is 9.40. The van der Waals surface area contributed by atoms with Crippen LogP contribution in [-0.4, -0.2) is 37.6 Å². The number of rotatable bonds is 5. The molecule has 5 nitrogen and oxygen atoms in total. The topological polar surface area (TPSA) is 66.8 Å². The average molecular weight is 299 g/mol. The van der Waals surface area contributed by atoms with Gasteiger partial charge in [-0.2, -0.15) is 0 Å². The summed E-state index contributed by atoms with van der Waals surface area (Å²) in [7, 11) is 0. The molecule has 0 spiro atoms. The minimum absolute atomic E-state index is 0.0623. The van der Waals surface area contributed by atoms with Crippen LogP contribution in [0.5, 0.6) is 0 Å². The first-order valence-electron chi connectivity index (χ1n) is 6.43. The molecule has 112 valence electrons. The zero-order chi connectivity index (χ0) is 15.3. The van der Waals surface area contributed by atoms with Gasteiger partial charge in [0, 0.05) is 6.42 Å². The molecule has 0 aliphatic carbocycles. The van der Waals surface area contributed by atoms with Gasteiger partial charge in [0.2, 0.25) is 0 Å². The van der Waals surface area contributed by atoms with Gasteiger partial charge in [0.25, 0.3) is 11.3 Å². The molecule has 1 heterocycles. The molecule has 0 aromatic rings. The lowest BCUT2D eigenvalue weighted by Crippen LogP contribution is -2.42. The molecule has 1 saturated heterocycles. The van der Waals surface area contributed by atoms with E-state index < -0.39 is 17.4 Å². The third-order valence-corrected chi connectivity index (χ3v) is 3.89. The van der Waals surface area contributed by atoms with E-state index in [1.54, 1.807) is 25.2 Å². The maximum atomic E-state index is 11.5. The number of carbonyl (C=O) groups excluding carboxylic acids is 1. The quantitative estimate of drug-likeness (QED) is 0.790. The Morgan fingerprint density at radius 2 is 2.30 bits per heavy atom. The highest BCUT2D eigenvalue weighted by atomic mass is 32.2. The van der Waals surface area contributed by atoms with Crippen molar-refractivity contribution in [3.63, 3.8) is 0 Å². The van der Waals surface area contributed by atoms with E-state index in [-0.39, 0.29) is 18.4 Å². The van der Waals surface area contributed by atoms with Crippen LogP contribution in [0.15, 0.2) is 36.1 Å². The Labute approximate surface area is 122 Å². The molecule has 3 atom stereocenters. The summed E-state index contributed by atoms with van der Waals surface area (Å²) >= 11 is -2.13. The summed E-state index contributed by atoms with van der Waals surface area (Å²) in [6, 6.07) is 0. The van der Waals surface area contributed by atoms with Gasteiger partial charge >= 0.3 is 0 Å². The van der Waals surface area contributed by atoms with Crippen LogP contribution in [0.1, 0.15) is 27.2 Å². The molecule has 2 unspecified atom stereocenters. The molecule has 1 rings (SSSR count). The highest BCUT2D eigenvalue weighted by molar-refractivity contribution is 7.76. The second kappa shape index (κ2) is 7.52. The molecule has 0 bridgehead atoms. The number of Topliss-reactive ketones (excluding diaryl/α,β-unsaturated/α-hetero) is 1. The molecule has 1 aliphatic heterocycles. The Morgan fingerprint density at radius 3 is 2.75 bits per heavy atom. The SMILES string of the molecule is C=C/C=C1/C[C@@H](OC(C)C(C)=O)CN(S(=O)O)/C1=C/C.